The van der Waals surface area contributed by atoms with Crippen LogP contribution in [0.25, 0.3) is 0 Å². The second-order valence-corrected chi connectivity index (χ2v) is 5.22. The maximum Gasteiger partial charge on any atom is 0.251 e. The molecule has 1 N–H and O–H groups in total. The summed E-state index contributed by atoms with van der Waals surface area (Å²) >= 11 is 12.0. The number of hydrogen-bond acceptors (Lipinski definition) is 3. The van der Waals surface area contributed by atoms with E-state index in [9.17, 15) is 4.79 Å². The van der Waals surface area contributed by atoms with Gasteiger partial charge in [-0.1, -0.05) is 29.3 Å². The van der Waals surface area contributed by atoms with Crippen LogP contribution in [0.3, 0.4) is 0 Å². The van der Waals surface area contributed by atoms with E-state index in [0.717, 1.165) is 5.56 Å². The van der Waals surface area contributed by atoms with Crippen molar-refractivity contribution in [3.8, 4) is 5.75 Å². The molecule has 1 aromatic heterocycles. The first kappa shape index (κ1) is 15.6. The molecular weight excluding hydrogens is 311 g/mol. The van der Waals surface area contributed by atoms with Gasteiger partial charge in [0.25, 0.3) is 5.91 Å². The predicted molar refractivity (Wildman–Crippen MR) is 83.2 cm³/mol. The van der Waals surface area contributed by atoms with E-state index in [-0.39, 0.29) is 17.6 Å². The molecule has 0 fully saturated rings. The molecule has 0 spiro atoms. The highest BCUT2D eigenvalue weighted by Gasteiger charge is 2.11. The van der Waals surface area contributed by atoms with Crippen LogP contribution < -0.4 is 10.1 Å². The van der Waals surface area contributed by atoms with Crippen LogP contribution in [0.1, 0.15) is 21.6 Å². The number of hydrogen-bond donors (Lipinski definition) is 1. The summed E-state index contributed by atoms with van der Waals surface area (Å²) < 4.78 is 5.24. The van der Waals surface area contributed by atoms with Gasteiger partial charge in [-0.3, -0.25) is 4.79 Å². The van der Waals surface area contributed by atoms with Gasteiger partial charge in [0.15, 0.2) is 0 Å². The third kappa shape index (κ3) is 3.86. The molecule has 0 bridgehead atoms. The normalized spacial score (nSPS) is 10.3. The highest BCUT2D eigenvalue weighted by molar-refractivity contribution is 6.31. The van der Waals surface area contributed by atoms with Gasteiger partial charge in [-0.2, -0.15) is 0 Å². The van der Waals surface area contributed by atoms with Crippen LogP contribution in [0.4, 0.5) is 0 Å². The largest absolute Gasteiger partial charge is 0.496 e. The number of carbonyl (C=O) groups is 1. The molecule has 0 aliphatic heterocycles. The fourth-order valence-electron chi connectivity index (χ4n) is 1.93. The highest BCUT2D eigenvalue weighted by atomic mass is 35.5. The van der Waals surface area contributed by atoms with Crippen LogP contribution in [-0.2, 0) is 6.54 Å². The van der Waals surface area contributed by atoms with E-state index in [1.807, 2.05) is 0 Å². The zero-order valence-electron chi connectivity index (χ0n) is 11.6. The van der Waals surface area contributed by atoms with Crippen molar-refractivity contribution in [1.29, 1.82) is 0 Å². The minimum absolute atomic E-state index is 0.246. The molecule has 0 unspecified atom stereocenters. The molecule has 0 saturated carbocycles. The van der Waals surface area contributed by atoms with Crippen LogP contribution in [-0.4, -0.2) is 18.0 Å². The molecule has 6 heteroatoms. The van der Waals surface area contributed by atoms with Gasteiger partial charge in [-0.05, 0) is 31.2 Å². The van der Waals surface area contributed by atoms with Gasteiger partial charge in [0.2, 0.25) is 0 Å². The van der Waals surface area contributed by atoms with E-state index in [0.29, 0.717) is 22.0 Å². The smallest absolute Gasteiger partial charge is 0.251 e. The van der Waals surface area contributed by atoms with E-state index in [1.165, 1.54) is 6.07 Å². The average Bonchev–Trinajstić information content (AvgIpc) is 2.44. The standard InChI is InChI=1S/C15H14Cl2N2O2/c1-9-6-10(7-14(17)19-9)15(20)18-8-11-12(16)4-3-5-13(11)21-2/h3-7H,8H2,1-2H3,(H,18,20). The lowest BCUT2D eigenvalue weighted by Crippen LogP contribution is -2.23. The number of aryl methyl sites for hydroxylation is 1. The number of methoxy groups -OCH3 is 1. The Kier molecular flexibility index (Phi) is 5.04. The minimum Gasteiger partial charge on any atom is -0.496 e. The van der Waals surface area contributed by atoms with E-state index in [2.05, 4.69) is 10.3 Å². The summed E-state index contributed by atoms with van der Waals surface area (Å²) in [5.41, 5.74) is 1.87. The molecule has 0 saturated heterocycles. The first-order chi connectivity index (χ1) is 10.0. The summed E-state index contributed by atoms with van der Waals surface area (Å²) in [6, 6.07) is 8.52. The Hall–Kier alpha value is -1.78. The quantitative estimate of drug-likeness (QED) is 0.873. The van der Waals surface area contributed by atoms with Crippen molar-refractivity contribution in [3.63, 3.8) is 0 Å². The molecule has 1 heterocycles. The van der Waals surface area contributed by atoms with Crippen LogP contribution in [0, 0.1) is 6.92 Å². The Morgan fingerprint density at radius 1 is 1.33 bits per heavy atom. The van der Waals surface area contributed by atoms with Gasteiger partial charge >= 0.3 is 0 Å². The number of carbonyl (C=O) groups excluding carboxylic acids is 1. The van der Waals surface area contributed by atoms with Crippen molar-refractivity contribution >= 4 is 29.1 Å². The zero-order chi connectivity index (χ0) is 15.4. The molecule has 21 heavy (non-hydrogen) atoms. The summed E-state index contributed by atoms with van der Waals surface area (Å²) in [5, 5.41) is 3.62. The van der Waals surface area contributed by atoms with Crippen LogP contribution in [0.2, 0.25) is 10.2 Å². The molecule has 0 radical (unpaired) electrons. The fraction of sp³-hybridized carbons (Fsp3) is 0.200. The number of aromatic nitrogens is 1. The molecule has 0 atom stereocenters. The number of pyridine rings is 1. The Labute approximate surface area is 133 Å². The highest BCUT2D eigenvalue weighted by Crippen LogP contribution is 2.26. The number of nitrogens with zero attached hydrogens (tertiary/aromatic N) is 1. The number of rotatable bonds is 4. The number of benzene rings is 1. The van der Waals surface area contributed by atoms with Gasteiger partial charge in [0.1, 0.15) is 10.9 Å². The van der Waals surface area contributed by atoms with Gasteiger partial charge in [0, 0.05) is 28.4 Å². The monoisotopic (exact) mass is 324 g/mol. The molecule has 110 valence electrons. The summed E-state index contributed by atoms with van der Waals surface area (Å²) in [6.07, 6.45) is 0. The Morgan fingerprint density at radius 2 is 2.10 bits per heavy atom. The average molecular weight is 325 g/mol. The maximum absolute atomic E-state index is 12.2. The second-order valence-electron chi connectivity index (χ2n) is 4.42. The van der Waals surface area contributed by atoms with Crippen molar-refractivity contribution in [3.05, 3.63) is 57.3 Å². The van der Waals surface area contributed by atoms with Crippen molar-refractivity contribution in [2.45, 2.75) is 13.5 Å². The topological polar surface area (TPSA) is 51.2 Å². The Morgan fingerprint density at radius 3 is 2.76 bits per heavy atom. The van der Waals surface area contributed by atoms with Crippen molar-refractivity contribution in [2.75, 3.05) is 7.11 Å². The molecule has 4 nitrogen and oxygen atoms in total. The Balaban J connectivity index is 2.15. The first-order valence-electron chi connectivity index (χ1n) is 6.25. The van der Waals surface area contributed by atoms with Gasteiger partial charge < -0.3 is 10.1 Å². The maximum atomic E-state index is 12.2. The van der Waals surface area contributed by atoms with Gasteiger partial charge in [-0.15, -0.1) is 0 Å². The van der Waals surface area contributed by atoms with E-state index < -0.39 is 0 Å². The lowest BCUT2D eigenvalue weighted by Gasteiger charge is -2.11. The SMILES string of the molecule is COc1cccc(Cl)c1CNC(=O)c1cc(C)nc(Cl)c1. The summed E-state index contributed by atoms with van der Waals surface area (Å²) in [5.74, 6) is 0.385. The molecule has 1 amide bonds. The van der Waals surface area contributed by atoms with E-state index in [1.54, 1.807) is 38.3 Å². The van der Waals surface area contributed by atoms with Crippen LogP contribution in [0.5, 0.6) is 5.75 Å². The predicted octanol–water partition coefficient (Wildman–Crippen LogP) is 3.64. The number of halogens is 2. The van der Waals surface area contributed by atoms with Gasteiger partial charge in [-0.25, -0.2) is 4.98 Å². The molecular formula is C15H14Cl2N2O2. The zero-order valence-corrected chi connectivity index (χ0v) is 13.1. The van der Waals surface area contributed by atoms with E-state index in [4.69, 9.17) is 27.9 Å². The Bertz CT molecular complexity index is 654. The second kappa shape index (κ2) is 6.78. The summed E-state index contributed by atoms with van der Waals surface area (Å²) in [7, 11) is 1.56. The first-order valence-corrected chi connectivity index (χ1v) is 7.00. The van der Waals surface area contributed by atoms with Gasteiger partial charge in [0.05, 0.1) is 7.11 Å². The summed E-state index contributed by atoms with van der Waals surface area (Å²) in [4.78, 5) is 16.2. The third-order valence-corrected chi connectivity index (χ3v) is 3.45. The van der Waals surface area contributed by atoms with Crippen molar-refractivity contribution < 1.29 is 9.53 Å². The number of ether oxygens (including phenoxy) is 1. The van der Waals surface area contributed by atoms with Crippen LogP contribution >= 0.6 is 23.2 Å². The van der Waals surface area contributed by atoms with Crippen LogP contribution in [0.15, 0.2) is 30.3 Å². The third-order valence-electron chi connectivity index (χ3n) is 2.91. The minimum atomic E-state index is -0.246. The molecule has 2 aromatic rings. The molecule has 0 aliphatic rings. The number of amides is 1. The summed E-state index contributed by atoms with van der Waals surface area (Å²) in [6.45, 7) is 2.04. The molecule has 2 rings (SSSR count). The molecule has 0 aliphatic carbocycles. The van der Waals surface area contributed by atoms with Crippen molar-refractivity contribution in [2.24, 2.45) is 0 Å². The number of nitrogens with one attached hydrogen (secondary N) is 1. The molecule has 1 aromatic carbocycles. The van der Waals surface area contributed by atoms with Crippen molar-refractivity contribution in [1.82, 2.24) is 10.3 Å². The lowest BCUT2D eigenvalue weighted by molar-refractivity contribution is 0.0950. The van der Waals surface area contributed by atoms with E-state index >= 15 is 0 Å². The lowest BCUT2D eigenvalue weighted by atomic mass is 10.1. The fourth-order valence-corrected chi connectivity index (χ4v) is 2.42.